The van der Waals surface area contributed by atoms with Crippen molar-refractivity contribution in [2.24, 2.45) is 0 Å². The van der Waals surface area contributed by atoms with Gasteiger partial charge in [0.05, 0.1) is 6.17 Å². The first-order valence-electron chi connectivity index (χ1n) is 5.40. The van der Waals surface area contributed by atoms with E-state index in [0.717, 1.165) is 6.04 Å². The van der Waals surface area contributed by atoms with Crippen molar-refractivity contribution in [3.05, 3.63) is 0 Å². The molecule has 2 atom stereocenters. The average Bonchev–Trinajstić information content (AvgIpc) is 2.62. The van der Waals surface area contributed by atoms with Crippen molar-refractivity contribution in [3.8, 4) is 0 Å². The zero-order valence-corrected chi connectivity index (χ0v) is 9.03. The molecule has 2 rings (SSSR count). The highest BCUT2D eigenvalue weighted by Crippen LogP contribution is 2.25. The van der Waals surface area contributed by atoms with E-state index in [2.05, 4.69) is 35.9 Å². The van der Waals surface area contributed by atoms with E-state index in [-0.39, 0.29) is 0 Å². The van der Waals surface area contributed by atoms with Gasteiger partial charge in [0, 0.05) is 19.6 Å². The molecule has 0 saturated carbocycles. The van der Waals surface area contributed by atoms with Crippen molar-refractivity contribution in [1.29, 1.82) is 0 Å². The summed E-state index contributed by atoms with van der Waals surface area (Å²) in [6.07, 6.45) is 4.70. The molecule has 2 fully saturated rings. The molecule has 0 aromatic heterocycles. The van der Waals surface area contributed by atoms with Gasteiger partial charge in [-0.3, -0.25) is 4.90 Å². The lowest BCUT2D eigenvalue weighted by Crippen LogP contribution is -2.48. The molecule has 76 valence electrons. The quantitative estimate of drug-likeness (QED) is 0.600. The average molecular weight is 183 g/mol. The van der Waals surface area contributed by atoms with Crippen LogP contribution in [-0.2, 0) is 0 Å². The van der Waals surface area contributed by atoms with Gasteiger partial charge in [-0.15, -0.1) is 0 Å². The van der Waals surface area contributed by atoms with Crippen LogP contribution in [0.5, 0.6) is 0 Å². The van der Waals surface area contributed by atoms with Gasteiger partial charge in [-0.25, -0.2) is 10.0 Å². The smallest absolute Gasteiger partial charge is 0.0758 e. The minimum atomic E-state index is 0.676. The summed E-state index contributed by atoms with van der Waals surface area (Å²) in [5.41, 5.74) is 0. The molecule has 0 bridgehead atoms. The molecular formula is C10H21N3. The number of hydrazine groups is 1. The summed E-state index contributed by atoms with van der Waals surface area (Å²) in [5, 5.41) is 4.96. The summed E-state index contributed by atoms with van der Waals surface area (Å²) >= 11 is 0. The molecule has 3 nitrogen and oxygen atoms in total. The highest BCUT2D eigenvalue weighted by molar-refractivity contribution is 4.81. The molecule has 0 aromatic rings. The minimum Gasteiger partial charge on any atom is -0.290 e. The van der Waals surface area contributed by atoms with Gasteiger partial charge in [-0.1, -0.05) is 0 Å². The van der Waals surface area contributed by atoms with Crippen LogP contribution in [0.25, 0.3) is 0 Å². The Bertz CT molecular complexity index is 183. The van der Waals surface area contributed by atoms with Gasteiger partial charge < -0.3 is 0 Å². The topological polar surface area (TPSA) is 9.72 Å². The Morgan fingerprint density at radius 2 is 1.85 bits per heavy atom. The number of likely N-dealkylation sites (tertiary alicyclic amines) is 1. The Morgan fingerprint density at radius 3 is 2.31 bits per heavy atom. The van der Waals surface area contributed by atoms with Gasteiger partial charge in [0.15, 0.2) is 0 Å². The standard InChI is InChI=1S/C10H21N3/c1-9-6-8-13(12(9)3)10-5-4-7-11(10)2/h9-10H,4-8H2,1-3H3. The van der Waals surface area contributed by atoms with Crippen LogP contribution >= 0.6 is 0 Å². The SMILES string of the molecule is CC1CCN(C2CCCN2C)N1C. The monoisotopic (exact) mass is 183 g/mol. The fourth-order valence-electron chi connectivity index (χ4n) is 2.55. The van der Waals surface area contributed by atoms with Gasteiger partial charge in [0.25, 0.3) is 0 Å². The first kappa shape index (κ1) is 9.44. The van der Waals surface area contributed by atoms with E-state index in [1.807, 2.05) is 0 Å². The second-order valence-electron chi connectivity index (χ2n) is 4.48. The molecule has 3 heteroatoms. The van der Waals surface area contributed by atoms with Crippen molar-refractivity contribution >= 4 is 0 Å². The van der Waals surface area contributed by atoms with Crippen LogP contribution in [0.4, 0.5) is 0 Å². The summed E-state index contributed by atoms with van der Waals surface area (Å²) in [6, 6.07) is 0.731. The van der Waals surface area contributed by atoms with Gasteiger partial charge in [0.1, 0.15) is 0 Å². The van der Waals surface area contributed by atoms with Crippen molar-refractivity contribution in [2.45, 2.75) is 38.4 Å². The Morgan fingerprint density at radius 1 is 1.08 bits per heavy atom. The van der Waals surface area contributed by atoms with Crippen LogP contribution < -0.4 is 0 Å². The first-order valence-corrected chi connectivity index (χ1v) is 5.40. The highest BCUT2D eigenvalue weighted by atomic mass is 15.7. The number of hydrogen-bond acceptors (Lipinski definition) is 3. The molecule has 0 amide bonds. The lowest BCUT2D eigenvalue weighted by Gasteiger charge is -2.35. The fraction of sp³-hybridized carbons (Fsp3) is 1.00. The predicted molar refractivity (Wildman–Crippen MR) is 54.2 cm³/mol. The summed E-state index contributed by atoms with van der Waals surface area (Å²) in [6.45, 7) is 4.82. The molecule has 2 heterocycles. The zero-order chi connectivity index (χ0) is 9.42. The summed E-state index contributed by atoms with van der Waals surface area (Å²) in [7, 11) is 4.47. The molecule has 0 radical (unpaired) electrons. The Balaban J connectivity index is 2.00. The van der Waals surface area contributed by atoms with Crippen molar-refractivity contribution in [1.82, 2.24) is 14.9 Å². The Labute approximate surface area is 81.3 Å². The lowest BCUT2D eigenvalue weighted by atomic mass is 10.3. The molecule has 2 saturated heterocycles. The molecule has 13 heavy (non-hydrogen) atoms. The van der Waals surface area contributed by atoms with E-state index in [0.29, 0.717) is 6.17 Å². The van der Waals surface area contributed by atoms with Gasteiger partial charge in [-0.05, 0) is 39.8 Å². The molecule has 0 aromatic carbocycles. The Hall–Kier alpha value is -0.120. The molecular weight excluding hydrogens is 162 g/mol. The maximum Gasteiger partial charge on any atom is 0.0758 e. The second kappa shape index (κ2) is 3.56. The fourth-order valence-corrected chi connectivity index (χ4v) is 2.55. The summed E-state index contributed by atoms with van der Waals surface area (Å²) in [5.74, 6) is 0. The normalized spacial score (nSPS) is 39.0. The van der Waals surface area contributed by atoms with Crippen LogP contribution in [0.2, 0.25) is 0 Å². The van der Waals surface area contributed by atoms with Crippen molar-refractivity contribution in [3.63, 3.8) is 0 Å². The molecule has 0 spiro atoms. The highest BCUT2D eigenvalue weighted by Gasteiger charge is 2.34. The van der Waals surface area contributed by atoms with E-state index in [4.69, 9.17) is 0 Å². The molecule has 0 N–H and O–H groups in total. The summed E-state index contributed by atoms with van der Waals surface area (Å²) < 4.78 is 0. The molecule has 2 unspecified atom stereocenters. The van der Waals surface area contributed by atoms with Gasteiger partial charge >= 0.3 is 0 Å². The number of hydrogen-bond donors (Lipinski definition) is 0. The van der Waals surface area contributed by atoms with Crippen LogP contribution in [-0.4, -0.2) is 54.3 Å². The number of nitrogens with zero attached hydrogens (tertiary/aromatic N) is 3. The third-order valence-electron chi connectivity index (χ3n) is 3.65. The number of rotatable bonds is 1. The predicted octanol–water partition coefficient (Wildman–Crippen LogP) is 0.979. The Kier molecular flexibility index (Phi) is 2.58. The second-order valence-corrected chi connectivity index (χ2v) is 4.48. The molecule has 0 aliphatic carbocycles. The third-order valence-corrected chi connectivity index (χ3v) is 3.65. The van der Waals surface area contributed by atoms with Gasteiger partial charge in [0.2, 0.25) is 0 Å². The zero-order valence-electron chi connectivity index (χ0n) is 9.03. The van der Waals surface area contributed by atoms with E-state index in [1.54, 1.807) is 0 Å². The largest absolute Gasteiger partial charge is 0.290 e. The first-order chi connectivity index (χ1) is 6.20. The summed E-state index contributed by atoms with van der Waals surface area (Å²) in [4.78, 5) is 2.48. The maximum atomic E-state index is 2.54. The minimum absolute atomic E-state index is 0.676. The van der Waals surface area contributed by atoms with Crippen molar-refractivity contribution < 1.29 is 0 Å². The van der Waals surface area contributed by atoms with E-state index in [9.17, 15) is 0 Å². The lowest BCUT2D eigenvalue weighted by molar-refractivity contribution is -0.0546. The van der Waals surface area contributed by atoms with Crippen molar-refractivity contribution in [2.75, 3.05) is 27.2 Å². The van der Waals surface area contributed by atoms with Crippen LogP contribution in [0.1, 0.15) is 26.2 Å². The third kappa shape index (κ3) is 1.60. The van der Waals surface area contributed by atoms with E-state index < -0.39 is 0 Å². The molecule has 2 aliphatic rings. The van der Waals surface area contributed by atoms with Gasteiger partial charge in [-0.2, -0.15) is 0 Å². The van der Waals surface area contributed by atoms with E-state index >= 15 is 0 Å². The maximum absolute atomic E-state index is 2.54. The van der Waals surface area contributed by atoms with E-state index in [1.165, 1.54) is 32.4 Å². The van der Waals surface area contributed by atoms with Crippen LogP contribution in [0, 0.1) is 0 Å². The molecule has 2 aliphatic heterocycles. The van der Waals surface area contributed by atoms with Crippen LogP contribution in [0.3, 0.4) is 0 Å². The van der Waals surface area contributed by atoms with Crippen LogP contribution in [0.15, 0.2) is 0 Å².